The van der Waals surface area contributed by atoms with Gasteiger partial charge < -0.3 is 11.1 Å². The molecule has 3 heteroatoms. The second kappa shape index (κ2) is 5.89. The van der Waals surface area contributed by atoms with Crippen LogP contribution in [0.25, 0.3) is 0 Å². The third-order valence-corrected chi connectivity index (χ3v) is 3.75. The molecule has 3 nitrogen and oxygen atoms in total. The van der Waals surface area contributed by atoms with Gasteiger partial charge in [0, 0.05) is 23.5 Å². The van der Waals surface area contributed by atoms with Crippen molar-refractivity contribution in [2.75, 3.05) is 17.6 Å². The Morgan fingerprint density at radius 1 is 1.33 bits per heavy atom. The van der Waals surface area contributed by atoms with Crippen LogP contribution in [0.15, 0.2) is 18.2 Å². The van der Waals surface area contributed by atoms with E-state index >= 15 is 0 Å². The van der Waals surface area contributed by atoms with Crippen LogP contribution in [-0.4, -0.2) is 12.3 Å². The van der Waals surface area contributed by atoms with Crippen molar-refractivity contribution in [2.24, 2.45) is 5.92 Å². The lowest BCUT2D eigenvalue weighted by Gasteiger charge is -2.22. The Morgan fingerprint density at radius 3 is 2.72 bits per heavy atom. The highest BCUT2D eigenvalue weighted by Crippen LogP contribution is 2.25. The van der Waals surface area contributed by atoms with E-state index in [4.69, 9.17) is 5.73 Å². The molecule has 0 aromatic heterocycles. The quantitative estimate of drug-likeness (QED) is 0.632. The summed E-state index contributed by atoms with van der Waals surface area (Å²) in [5.41, 5.74) is 7.96. The van der Waals surface area contributed by atoms with Crippen molar-refractivity contribution < 1.29 is 4.79 Å². The van der Waals surface area contributed by atoms with E-state index in [9.17, 15) is 4.79 Å². The number of carbonyl (C=O) groups is 1. The van der Waals surface area contributed by atoms with Gasteiger partial charge in [0.05, 0.1) is 0 Å². The summed E-state index contributed by atoms with van der Waals surface area (Å²) < 4.78 is 0. The maximum atomic E-state index is 11.4. The minimum atomic E-state index is 0.0221. The smallest absolute Gasteiger partial charge is 0.161 e. The Kier molecular flexibility index (Phi) is 4.24. The maximum Gasteiger partial charge on any atom is 0.161 e. The third-order valence-electron chi connectivity index (χ3n) is 3.75. The van der Waals surface area contributed by atoms with Gasteiger partial charge in [-0.3, -0.25) is 4.79 Å². The van der Waals surface area contributed by atoms with Crippen LogP contribution < -0.4 is 11.1 Å². The number of carbonyl (C=O) groups excluding carboxylic acids is 1. The molecule has 0 atom stereocenters. The summed E-state index contributed by atoms with van der Waals surface area (Å²) in [4.78, 5) is 11.4. The Bertz CT molecular complexity index is 423. The number of nitrogens with one attached hydrogen (secondary N) is 1. The zero-order valence-corrected chi connectivity index (χ0v) is 11.0. The Balaban J connectivity index is 1.96. The second-order valence-corrected chi connectivity index (χ2v) is 5.24. The van der Waals surface area contributed by atoms with Gasteiger partial charge >= 0.3 is 0 Å². The van der Waals surface area contributed by atoms with Gasteiger partial charge in [0.1, 0.15) is 0 Å². The molecule has 0 amide bonds. The van der Waals surface area contributed by atoms with Gasteiger partial charge in [-0.05, 0) is 43.9 Å². The van der Waals surface area contributed by atoms with Crippen LogP contribution >= 0.6 is 0 Å². The van der Waals surface area contributed by atoms with Crippen LogP contribution in [0.2, 0.25) is 0 Å². The van der Waals surface area contributed by atoms with Crippen molar-refractivity contribution in [3.63, 3.8) is 0 Å². The Hall–Kier alpha value is -1.51. The zero-order valence-electron chi connectivity index (χ0n) is 11.0. The van der Waals surface area contributed by atoms with E-state index in [-0.39, 0.29) is 5.78 Å². The fourth-order valence-electron chi connectivity index (χ4n) is 2.62. The number of benzene rings is 1. The highest BCUT2D eigenvalue weighted by molar-refractivity contribution is 5.99. The zero-order chi connectivity index (χ0) is 13.0. The number of nitrogen functional groups attached to an aromatic ring is 1. The first kappa shape index (κ1) is 12.9. The average Bonchev–Trinajstić information content (AvgIpc) is 2.38. The van der Waals surface area contributed by atoms with Crippen molar-refractivity contribution in [2.45, 2.75) is 39.0 Å². The predicted octanol–water partition coefficient (Wildman–Crippen LogP) is 3.46. The topological polar surface area (TPSA) is 55.1 Å². The van der Waals surface area contributed by atoms with Crippen LogP contribution in [0, 0.1) is 5.92 Å². The first-order chi connectivity index (χ1) is 8.66. The van der Waals surface area contributed by atoms with Crippen LogP contribution in [0.1, 0.15) is 49.4 Å². The average molecular weight is 246 g/mol. The molecule has 0 spiro atoms. The van der Waals surface area contributed by atoms with E-state index < -0.39 is 0 Å². The second-order valence-electron chi connectivity index (χ2n) is 5.24. The lowest BCUT2D eigenvalue weighted by molar-refractivity contribution is 0.101. The predicted molar refractivity (Wildman–Crippen MR) is 75.9 cm³/mol. The normalized spacial score (nSPS) is 16.5. The minimum absolute atomic E-state index is 0.0221. The molecule has 1 aliphatic rings. The van der Waals surface area contributed by atoms with Crippen molar-refractivity contribution in [3.05, 3.63) is 23.8 Å². The van der Waals surface area contributed by atoms with Gasteiger partial charge in [0.15, 0.2) is 5.78 Å². The first-order valence-corrected chi connectivity index (χ1v) is 6.81. The molecule has 0 radical (unpaired) electrons. The SMILES string of the molecule is CC(=O)c1cc(NCC2CCCCC2)ccc1N. The standard InChI is InChI=1S/C15H22N2O/c1-11(18)14-9-13(7-8-15(14)16)17-10-12-5-3-2-4-6-12/h7-9,12,17H,2-6,10,16H2,1H3. The summed E-state index contributed by atoms with van der Waals surface area (Å²) in [6, 6.07) is 5.62. The van der Waals surface area contributed by atoms with Gasteiger partial charge in [0.2, 0.25) is 0 Å². The molecule has 1 aromatic rings. The van der Waals surface area contributed by atoms with Gasteiger partial charge in [-0.15, -0.1) is 0 Å². The molecule has 2 rings (SSSR count). The number of hydrogen-bond acceptors (Lipinski definition) is 3. The van der Waals surface area contributed by atoms with Crippen LogP contribution in [-0.2, 0) is 0 Å². The van der Waals surface area contributed by atoms with Crippen LogP contribution in [0.3, 0.4) is 0 Å². The van der Waals surface area contributed by atoms with E-state index in [2.05, 4.69) is 5.32 Å². The number of nitrogens with two attached hydrogens (primary N) is 1. The summed E-state index contributed by atoms with van der Waals surface area (Å²) in [6.07, 6.45) is 6.73. The molecule has 1 aromatic carbocycles. The number of hydrogen-bond donors (Lipinski definition) is 2. The Labute approximate surface area is 109 Å². The molecule has 0 bridgehead atoms. The lowest BCUT2D eigenvalue weighted by atomic mass is 9.89. The van der Waals surface area contributed by atoms with Crippen molar-refractivity contribution in [3.8, 4) is 0 Å². The van der Waals surface area contributed by atoms with E-state index in [0.717, 1.165) is 18.2 Å². The highest BCUT2D eigenvalue weighted by Gasteiger charge is 2.13. The van der Waals surface area contributed by atoms with Gasteiger partial charge in [0.25, 0.3) is 0 Å². The molecule has 1 fully saturated rings. The summed E-state index contributed by atoms with van der Waals surface area (Å²) in [5, 5.41) is 3.43. The maximum absolute atomic E-state index is 11.4. The molecule has 0 heterocycles. The minimum Gasteiger partial charge on any atom is -0.398 e. The number of rotatable bonds is 4. The highest BCUT2D eigenvalue weighted by atomic mass is 16.1. The van der Waals surface area contributed by atoms with Crippen molar-refractivity contribution in [1.82, 2.24) is 0 Å². The largest absolute Gasteiger partial charge is 0.398 e. The number of ketones is 1. The van der Waals surface area contributed by atoms with Gasteiger partial charge in [-0.2, -0.15) is 0 Å². The fraction of sp³-hybridized carbons (Fsp3) is 0.533. The van der Waals surface area contributed by atoms with Gasteiger partial charge in [-0.25, -0.2) is 0 Å². The first-order valence-electron chi connectivity index (χ1n) is 6.81. The van der Waals surface area contributed by atoms with Gasteiger partial charge in [-0.1, -0.05) is 19.3 Å². The fourth-order valence-corrected chi connectivity index (χ4v) is 2.62. The summed E-state index contributed by atoms with van der Waals surface area (Å²) in [6.45, 7) is 2.55. The molecular formula is C15H22N2O. The molecule has 0 saturated heterocycles. The summed E-state index contributed by atoms with van der Waals surface area (Å²) in [7, 11) is 0. The molecule has 1 aliphatic carbocycles. The van der Waals surface area contributed by atoms with Crippen molar-refractivity contribution >= 4 is 17.2 Å². The van der Waals surface area contributed by atoms with Crippen LogP contribution in [0.5, 0.6) is 0 Å². The van der Waals surface area contributed by atoms with Crippen molar-refractivity contribution in [1.29, 1.82) is 0 Å². The Morgan fingerprint density at radius 2 is 2.06 bits per heavy atom. The third kappa shape index (κ3) is 3.25. The molecule has 98 valence electrons. The molecule has 1 saturated carbocycles. The van der Waals surface area contributed by atoms with E-state index in [1.165, 1.54) is 32.1 Å². The molecular weight excluding hydrogens is 224 g/mol. The molecule has 0 unspecified atom stereocenters. The summed E-state index contributed by atoms with van der Waals surface area (Å²) in [5.74, 6) is 0.797. The lowest BCUT2D eigenvalue weighted by Crippen LogP contribution is -2.17. The molecule has 3 N–H and O–H groups in total. The number of anilines is 2. The monoisotopic (exact) mass is 246 g/mol. The van der Waals surface area contributed by atoms with E-state index in [1.54, 1.807) is 13.0 Å². The van der Waals surface area contributed by atoms with E-state index in [0.29, 0.717) is 11.3 Å². The molecule has 18 heavy (non-hydrogen) atoms. The number of Topliss-reactive ketones (excluding diaryl/α,β-unsaturated/α-hetero) is 1. The summed E-state index contributed by atoms with van der Waals surface area (Å²) >= 11 is 0. The van der Waals surface area contributed by atoms with Crippen LogP contribution in [0.4, 0.5) is 11.4 Å². The molecule has 0 aliphatic heterocycles. The van der Waals surface area contributed by atoms with E-state index in [1.807, 2.05) is 12.1 Å².